The Bertz CT molecular complexity index is 1530. The highest BCUT2D eigenvalue weighted by atomic mass is 32.1. The van der Waals surface area contributed by atoms with Gasteiger partial charge in [0.1, 0.15) is 10.5 Å². The third-order valence-corrected chi connectivity index (χ3v) is 6.83. The van der Waals surface area contributed by atoms with E-state index < -0.39 is 5.91 Å². The fourth-order valence-corrected chi connectivity index (χ4v) is 5.11. The van der Waals surface area contributed by atoms with Crippen LogP contribution in [0.3, 0.4) is 0 Å². The van der Waals surface area contributed by atoms with Gasteiger partial charge in [0.05, 0.1) is 22.1 Å². The number of fused-ring (bicyclic) bond motifs is 4. The highest BCUT2D eigenvalue weighted by molar-refractivity contribution is 7.16. The van der Waals surface area contributed by atoms with Crippen LogP contribution in [0, 0.1) is 13.8 Å². The molecule has 0 atom stereocenters. The molecule has 8 heteroatoms. The molecule has 0 spiro atoms. The summed E-state index contributed by atoms with van der Waals surface area (Å²) in [7, 11) is 0. The van der Waals surface area contributed by atoms with Crippen LogP contribution >= 0.6 is 11.3 Å². The zero-order valence-electron chi connectivity index (χ0n) is 17.7. The van der Waals surface area contributed by atoms with Crippen molar-refractivity contribution in [2.45, 2.75) is 26.8 Å². The molecule has 2 amide bonds. The molecule has 0 aliphatic heterocycles. The van der Waals surface area contributed by atoms with E-state index in [0.29, 0.717) is 17.1 Å². The Morgan fingerprint density at radius 3 is 2.47 bits per heavy atom. The van der Waals surface area contributed by atoms with E-state index in [-0.39, 0.29) is 12.3 Å². The van der Waals surface area contributed by atoms with Gasteiger partial charge in [0.15, 0.2) is 5.65 Å². The lowest BCUT2D eigenvalue weighted by molar-refractivity contribution is -0.116. The predicted molar refractivity (Wildman–Crippen MR) is 128 cm³/mol. The van der Waals surface area contributed by atoms with Gasteiger partial charge in [-0.2, -0.15) is 0 Å². The Balaban J connectivity index is 1.49. The van der Waals surface area contributed by atoms with Gasteiger partial charge < -0.3 is 15.6 Å². The van der Waals surface area contributed by atoms with Crippen molar-refractivity contribution < 1.29 is 9.59 Å². The summed E-state index contributed by atoms with van der Waals surface area (Å²) in [6, 6.07) is 15.7. The average Bonchev–Trinajstić information content (AvgIpc) is 3.23. The Morgan fingerprint density at radius 2 is 1.72 bits per heavy atom. The number of hydrogen-bond acceptors (Lipinski definition) is 5. The van der Waals surface area contributed by atoms with Crippen molar-refractivity contribution in [3.8, 4) is 0 Å². The second kappa shape index (κ2) is 7.72. The summed E-state index contributed by atoms with van der Waals surface area (Å²) >= 11 is 1.37. The van der Waals surface area contributed by atoms with Crippen molar-refractivity contribution in [3.63, 3.8) is 0 Å². The summed E-state index contributed by atoms with van der Waals surface area (Å²) in [6.45, 7) is 4.17. The molecule has 0 fully saturated rings. The number of nitrogens with one attached hydrogen (secondary N) is 1. The van der Waals surface area contributed by atoms with Crippen molar-refractivity contribution in [1.29, 1.82) is 0 Å². The largest absolute Gasteiger partial charge is 0.365 e. The maximum atomic E-state index is 12.8. The monoisotopic (exact) mass is 443 g/mol. The first kappa shape index (κ1) is 20.1. The van der Waals surface area contributed by atoms with Crippen LogP contribution in [-0.2, 0) is 11.3 Å². The molecule has 0 unspecified atom stereocenters. The SMILES string of the molecule is Cc1sc(NC(=O)CCn2c3ccccc3c3nc4ccccc4nc32)c(C(N)=O)c1C. The van der Waals surface area contributed by atoms with E-state index in [2.05, 4.69) is 5.32 Å². The number of nitrogens with zero attached hydrogens (tertiary/aromatic N) is 3. The molecule has 5 aromatic rings. The fourth-order valence-electron chi connectivity index (χ4n) is 4.02. The predicted octanol–water partition coefficient (Wildman–Crippen LogP) is 4.54. The summed E-state index contributed by atoms with van der Waals surface area (Å²) in [5, 5.41) is 4.38. The van der Waals surface area contributed by atoms with E-state index in [0.717, 1.165) is 43.5 Å². The molecule has 0 aliphatic rings. The molecule has 3 N–H and O–H groups in total. The van der Waals surface area contributed by atoms with Crippen molar-refractivity contribution in [1.82, 2.24) is 14.5 Å². The first-order valence-electron chi connectivity index (χ1n) is 10.3. The summed E-state index contributed by atoms with van der Waals surface area (Å²) in [6.07, 6.45) is 0.219. The molecule has 0 saturated heterocycles. The Labute approximate surface area is 187 Å². The van der Waals surface area contributed by atoms with Crippen LogP contribution in [-0.4, -0.2) is 26.3 Å². The molecule has 32 heavy (non-hydrogen) atoms. The van der Waals surface area contributed by atoms with Crippen molar-refractivity contribution in [2.24, 2.45) is 5.73 Å². The Morgan fingerprint density at radius 1 is 1.03 bits per heavy atom. The standard InChI is InChI=1S/C24H21N5O2S/c1-13-14(2)32-24(20(13)22(25)31)28-19(30)11-12-29-18-10-6-3-7-15(18)21-23(29)27-17-9-5-4-8-16(17)26-21/h3-10H,11-12H2,1-2H3,(H2,25,31)(H,28,30). The van der Waals surface area contributed by atoms with Gasteiger partial charge in [-0.1, -0.05) is 30.3 Å². The van der Waals surface area contributed by atoms with Crippen molar-refractivity contribution >= 4 is 61.3 Å². The van der Waals surface area contributed by atoms with Crippen LogP contribution in [0.2, 0.25) is 0 Å². The zero-order valence-corrected chi connectivity index (χ0v) is 18.5. The number of hydrogen-bond donors (Lipinski definition) is 2. The number of aromatic nitrogens is 3. The summed E-state index contributed by atoms with van der Waals surface area (Å²) < 4.78 is 2.03. The molecule has 160 valence electrons. The number of primary amides is 1. The highest BCUT2D eigenvalue weighted by Crippen LogP contribution is 2.32. The summed E-state index contributed by atoms with van der Waals surface area (Å²) in [5.74, 6) is -0.722. The smallest absolute Gasteiger partial charge is 0.251 e. The van der Waals surface area contributed by atoms with Gasteiger partial charge in [0.2, 0.25) is 5.91 Å². The maximum absolute atomic E-state index is 12.8. The highest BCUT2D eigenvalue weighted by Gasteiger charge is 2.20. The van der Waals surface area contributed by atoms with Crippen molar-refractivity contribution in [2.75, 3.05) is 5.32 Å². The average molecular weight is 444 g/mol. The van der Waals surface area contributed by atoms with E-state index in [1.54, 1.807) is 0 Å². The molecule has 7 nitrogen and oxygen atoms in total. The molecule has 5 rings (SSSR count). The lowest BCUT2D eigenvalue weighted by Gasteiger charge is -2.08. The normalized spacial score (nSPS) is 11.4. The lowest BCUT2D eigenvalue weighted by atomic mass is 10.1. The van der Waals surface area contributed by atoms with Crippen LogP contribution in [0.1, 0.15) is 27.2 Å². The van der Waals surface area contributed by atoms with Crippen LogP contribution in [0.4, 0.5) is 5.00 Å². The molecule has 3 aromatic heterocycles. The maximum Gasteiger partial charge on any atom is 0.251 e. The number of carbonyl (C=O) groups excluding carboxylic acids is 2. The van der Waals surface area contributed by atoms with Crippen LogP contribution in [0.5, 0.6) is 0 Å². The number of para-hydroxylation sites is 3. The number of nitrogens with two attached hydrogens (primary N) is 1. The fraction of sp³-hybridized carbons (Fsp3) is 0.167. The first-order chi connectivity index (χ1) is 15.4. The molecule has 0 radical (unpaired) electrons. The van der Waals surface area contributed by atoms with Gasteiger partial charge in [-0.3, -0.25) is 9.59 Å². The zero-order chi connectivity index (χ0) is 22.4. The number of aryl methyl sites for hydroxylation is 2. The number of amides is 2. The topological polar surface area (TPSA) is 103 Å². The van der Waals surface area contributed by atoms with E-state index in [1.807, 2.05) is 66.9 Å². The second-order valence-corrected chi connectivity index (χ2v) is 8.93. The van der Waals surface area contributed by atoms with Gasteiger partial charge >= 0.3 is 0 Å². The first-order valence-corrected chi connectivity index (χ1v) is 11.1. The minimum atomic E-state index is -0.535. The molecule has 3 heterocycles. The molecular weight excluding hydrogens is 422 g/mol. The van der Waals surface area contributed by atoms with E-state index in [1.165, 1.54) is 11.3 Å². The molecular formula is C24H21N5O2S. The third kappa shape index (κ3) is 3.29. The minimum absolute atomic E-state index is 0.187. The summed E-state index contributed by atoms with van der Waals surface area (Å²) in [5.41, 5.74) is 10.9. The number of thiophene rings is 1. The lowest BCUT2D eigenvalue weighted by Crippen LogP contribution is -2.18. The van der Waals surface area contributed by atoms with Gasteiger partial charge in [-0.05, 0) is 37.6 Å². The second-order valence-electron chi connectivity index (χ2n) is 7.70. The number of rotatable bonds is 5. The minimum Gasteiger partial charge on any atom is -0.365 e. The van der Waals surface area contributed by atoms with E-state index >= 15 is 0 Å². The van der Waals surface area contributed by atoms with E-state index in [4.69, 9.17) is 15.7 Å². The van der Waals surface area contributed by atoms with Gasteiger partial charge in [0.25, 0.3) is 5.91 Å². The Kier molecular flexibility index (Phi) is 4.86. The van der Waals surface area contributed by atoms with Crippen molar-refractivity contribution in [3.05, 3.63) is 64.5 Å². The number of anilines is 1. The van der Waals surface area contributed by atoms with Crippen LogP contribution in [0.15, 0.2) is 48.5 Å². The van der Waals surface area contributed by atoms with Crippen LogP contribution in [0.25, 0.3) is 33.1 Å². The van der Waals surface area contributed by atoms with Gasteiger partial charge in [-0.15, -0.1) is 11.3 Å². The quantitative estimate of drug-likeness (QED) is 0.416. The van der Waals surface area contributed by atoms with Gasteiger partial charge in [-0.25, -0.2) is 9.97 Å². The molecule has 0 aliphatic carbocycles. The Hall–Kier alpha value is -3.78. The van der Waals surface area contributed by atoms with Crippen LogP contribution < -0.4 is 11.1 Å². The molecule has 0 saturated carbocycles. The third-order valence-electron chi connectivity index (χ3n) is 5.70. The molecule has 2 aromatic carbocycles. The van der Waals surface area contributed by atoms with Gasteiger partial charge in [0, 0.05) is 23.2 Å². The number of benzene rings is 2. The summed E-state index contributed by atoms with van der Waals surface area (Å²) in [4.78, 5) is 35.2. The number of carbonyl (C=O) groups is 2. The molecule has 0 bridgehead atoms. The van der Waals surface area contributed by atoms with E-state index in [9.17, 15) is 9.59 Å².